The highest BCUT2D eigenvalue weighted by Crippen LogP contribution is 2.40. The zero-order chi connectivity index (χ0) is 17.0. The molecule has 4 aliphatic rings. The molecule has 6 nitrogen and oxygen atoms in total. The molecular formula is C17H18BrN3O3. The smallest absolute Gasteiger partial charge is 0.276 e. The Bertz CT molecular complexity index is 741. The third kappa shape index (κ3) is 2.21. The van der Waals surface area contributed by atoms with Crippen molar-refractivity contribution in [3.63, 3.8) is 0 Å². The summed E-state index contributed by atoms with van der Waals surface area (Å²) in [5.41, 5.74) is 2.80. The van der Waals surface area contributed by atoms with Gasteiger partial charge in [0.25, 0.3) is 17.7 Å². The van der Waals surface area contributed by atoms with Crippen molar-refractivity contribution in [3.8, 4) is 0 Å². The van der Waals surface area contributed by atoms with Gasteiger partial charge in [0.1, 0.15) is 0 Å². The van der Waals surface area contributed by atoms with E-state index in [9.17, 15) is 14.4 Å². The number of halogens is 1. The lowest BCUT2D eigenvalue weighted by molar-refractivity contribution is -0.139. The highest BCUT2D eigenvalue weighted by Gasteiger charge is 2.49. The lowest BCUT2D eigenvalue weighted by atomic mass is 9.81. The molecule has 3 amide bonds. The molecule has 0 aromatic heterocycles. The number of hydrazone groups is 1. The van der Waals surface area contributed by atoms with E-state index in [-0.39, 0.29) is 35.3 Å². The number of fused-ring (bicyclic) bond motifs is 1. The summed E-state index contributed by atoms with van der Waals surface area (Å²) in [5, 5.41) is 8.00. The third-order valence-electron chi connectivity index (χ3n) is 5.38. The Morgan fingerprint density at radius 1 is 1.08 bits per heavy atom. The van der Waals surface area contributed by atoms with E-state index in [1.807, 2.05) is 6.92 Å². The number of allylic oxidation sites excluding steroid dienone is 3. The highest BCUT2D eigenvalue weighted by molar-refractivity contribution is 9.12. The molecule has 1 N–H and O–H groups in total. The van der Waals surface area contributed by atoms with Crippen LogP contribution in [0.1, 0.15) is 45.4 Å². The van der Waals surface area contributed by atoms with E-state index in [4.69, 9.17) is 0 Å². The van der Waals surface area contributed by atoms with Crippen molar-refractivity contribution in [1.29, 1.82) is 0 Å². The van der Waals surface area contributed by atoms with Crippen molar-refractivity contribution in [1.82, 2.24) is 10.3 Å². The summed E-state index contributed by atoms with van der Waals surface area (Å²) in [6.07, 6.45) is 4.99. The normalized spacial score (nSPS) is 31.8. The van der Waals surface area contributed by atoms with Crippen LogP contribution in [0.3, 0.4) is 0 Å². The van der Waals surface area contributed by atoms with Crippen molar-refractivity contribution in [2.45, 2.75) is 45.4 Å². The Hall–Kier alpha value is -1.76. The van der Waals surface area contributed by atoms with Gasteiger partial charge in [0.2, 0.25) is 0 Å². The first kappa shape index (κ1) is 15.7. The molecule has 7 heteroatoms. The molecule has 126 valence electrons. The summed E-state index contributed by atoms with van der Waals surface area (Å²) >= 11 is 3.53. The molecule has 1 saturated heterocycles. The molecule has 4 rings (SSSR count). The van der Waals surface area contributed by atoms with Crippen molar-refractivity contribution < 1.29 is 14.4 Å². The van der Waals surface area contributed by atoms with Crippen LogP contribution in [0.4, 0.5) is 0 Å². The van der Waals surface area contributed by atoms with Crippen LogP contribution in [0, 0.1) is 11.8 Å². The van der Waals surface area contributed by atoms with Crippen LogP contribution in [-0.2, 0) is 14.4 Å². The standard InChI is InChI=1S/C17H18BrN3O3/c1-8-6-7-11-12(13(8)18)14(15(22)19-11)20-21-16(23)9-4-2-3-5-10(9)17(21)24/h9-10H,2-7H2,1H3,(H,19,20,22). The average Bonchev–Trinajstić information content (AvgIpc) is 3.02. The molecule has 2 heterocycles. The van der Waals surface area contributed by atoms with Gasteiger partial charge in [-0.25, -0.2) is 0 Å². The fourth-order valence-corrected chi connectivity index (χ4v) is 4.64. The molecule has 0 radical (unpaired) electrons. The minimum absolute atomic E-state index is 0.163. The molecule has 2 aliphatic heterocycles. The largest absolute Gasteiger partial charge is 0.324 e. The van der Waals surface area contributed by atoms with Crippen LogP contribution in [-0.4, -0.2) is 28.4 Å². The zero-order valence-electron chi connectivity index (χ0n) is 13.4. The molecule has 0 bridgehead atoms. The predicted molar refractivity (Wildman–Crippen MR) is 90.8 cm³/mol. The Kier molecular flexibility index (Phi) is 3.71. The molecule has 2 atom stereocenters. The molecule has 2 aliphatic carbocycles. The van der Waals surface area contributed by atoms with Gasteiger partial charge in [-0.05, 0) is 32.6 Å². The van der Waals surface area contributed by atoms with Gasteiger partial charge in [-0.15, -0.1) is 0 Å². The van der Waals surface area contributed by atoms with Crippen molar-refractivity contribution >= 4 is 39.4 Å². The molecule has 24 heavy (non-hydrogen) atoms. The van der Waals surface area contributed by atoms with Gasteiger partial charge in [0.05, 0.1) is 11.8 Å². The zero-order valence-corrected chi connectivity index (χ0v) is 15.0. The molecular weight excluding hydrogens is 374 g/mol. The number of carbonyl (C=O) groups excluding carboxylic acids is 3. The minimum Gasteiger partial charge on any atom is -0.324 e. The minimum atomic E-state index is -0.345. The first-order valence-electron chi connectivity index (χ1n) is 8.36. The lowest BCUT2D eigenvalue weighted by Gasteiger charge is -2.19. The summed E-state index contributed by atoms with van der Waals surface area (Å²) in [5.74, 6) is -1.39. The van der Waals surface area contributed by atoms with E-state index in [1.165, 1.54) is 0 Å². The fraction of sp³-hybridized carbons (Fsp3) is 0.529. The number of hydrogen-bond acceptors (Lipinski definition) is 4. The first-order valence-corrected chi connectivity index (χ1v) is 9.15. The summed E-state index contributed by atoms with van der Waals surface area (Å²) in [4.78, 5) is 37.5. The Balaban J connectivity index is 1.73. The molecule has 2 fully saturated rings. The maximum absolute atomic E-state index is 12.6. The van der Waals surface area contributed by atoms with Crippen molar-refractivity contribution in [2.24, 2.45) is 16.9 Å². The van der Waals surface area contributed by atoms with E-state index in [1.54, 1.807) is 0 Å². The van der Waals surface area contributed by atoms with Crippen LogP contribution in [0.2, 0.25) is 0 Å². The SMILES string of the molecule is CC1=C(Br)C2=C(CC1)NC(=O)/C2=N\N1C(=O)C2CCCCC2C1=O. The Morgan fingerprint density at radius 2 is 1.71 bits per heavy atom. The van der Waals surface area contributed by atoms with Gasteiger partial charge < -0.3 is 5.32 Å². The van der Waals surface area contributed by atoms with Gasteiger partial charge in [-0.1, -0.05) is 34.3 Å². The number of carbonyl (C=O) groups is 3. The van der Waals surface area contributed by atoms with Gasteiger partial charge in [0, 0.05) is 15.8 Å². The molecule has 0 spiro atoms. The maximum Gasteiger partial charge on any atom is 0.276 e. The number of rotatable bonds is 1. The third-order valence-corrected chi connectivity index (χ3v) is 6.45. The molecule has 1 saturated carbocycles. The van der Waals surface area contributed by atoms with Gasteiger partial charge in [0.15, 0.2) is 5.71 Å². The second-order valence-corrected chi connectivity index (χ2v) is 7.63. The molecule has 0 aromatic carbocycles. The van der Waals surface area contributed by atoms with Crippen LogP contribution in [0.5, 0.6) is 0 Å². The highest BCUT2D eigenvalue weighted by atomic mass is 79.9. The second kappa shape index (κ2) is 5.65. The topological polar surface area (TPSA) is 78.8 Å². The van der Waals surface area contributed by atoms with E-state index in [0.29, 0.717) is 5.57 Å². The number of nitrogens with one attached hydrogen (secondary N) is 1. The quantitative estimate of drug-likeness (QED) is 0.696. The van der Waals surface area contributed by atoms with Gasteiger partial charge in [-0.2, -0.15) is 10.1 Å². The monoisotopic (exact) mass is 391 g/mol. The lowest BCUT2D eigenvalue weighted by Crippen LogP contribution is -2.30. The fourth-order valence-electron chi connectivity index (χ4n) is 4.01. The number of amides is 3. The number of imide groups is 1. The van der Waals surface area contributed by atoms with Crippen molar-refractivity contribution in [3.05, 3.63) is 21.3 Å². The summed E-state index contributed by atoms with van der Waals surface area (Å²) < 4.78 is 0.831. The number of nitrogens with zero attached hydrogens (tertiary/aromatic N) is 2. The predicted octanol–water partition coefficient (Wildman–Crippen LogP) is 2.36. The van der Waals surface area contributed by atoms with E-state index >= 15 is 0 Å². The van der Waals surface area contributed by atoms with E-state index in [0.717, 1.165) is 59.3 Å². The van der Waals surface area contributed by atoms with E-state index in [2.05, 4.69) is 26.3 Å². The molecule has 0 aromatic rings. The average molecular weight is 392 g/mol. The summed E-state index contributed by atoms with van der Waals surface area (Å²) in [6.45, 7) is 2.00. The maximum atomic E-state index is 12.6. The molecule has 2 unspecified atom stereocenters. The van der Waals surface area contributed by atoms with Gasteiger partial charge in [-0.3, -0.25) is 14.4 Å². The van der Waals surface area contributed by atoms with Crippen LogP contribution in [0.25, 0.3) is 0 Å². The van der Waals surface area contributed by atoms with Crippen LogP contribution in [0.15, 0.2) is 26.4 Å². The first-order chi connectivity index (χ1) is 11.5. The van der Waals surface area contributed by atoms with Gasteiger partial charge >= 0.3 is 0 Å². The Morgan fingerprint density at radius 3 is 2.33 bits per heavy atom. The van der Waals surface area contributed by atoms with Crippen LogP contribution < -0.4 is 5.32 Å². The van der Waals surface area contributed by atoms with Crippen molar-refractivity contribution in [2.75, 3.05) is 0 Å². The Labute approximate surface area is 148 Å². The number of hydrogen-bond donors (Lipinski definition) is 1. The summed E-state index contributed by atoms with van der Waals surface area (Å²) in [6, 6.07) is 0. The second-order valence-electron chi connectivity index (χ2n) is 6.84. The summed E-state index contributed by atoms with van der Waals surface area (Å²) in [7, 11) is 0. The van der Waals surface area contributed by atoms with E-state index < -0.39 is 0 Å². The van der Waals surface area contributed by atoms with Crippen LogP contribution >= 0.6 is 15.9 Å².